The molecule has 1 saturated heterocycles. The highest BCUT2D eigenvalue weighted by atomic mass is 35.5. The number of aldehydes is 1. The third-order valence-corrected chi connectivity index (χ3v) is 4.30. The van der Waals surface area contributed by atoms with Crippen LogP contribution in [0, 0.1) is 11.3 Å². The number of benzene rings is 1. The number of carbonyl (C=O) groups is 1. The molecule has 0 atom stereocenters. The minimum atomic E-state index is -2.58. The first kappa shape index (κ1) is 18.2. The largest absolute Gasteiger partial charge is 0.355 e. The van der Waals surface area contributed by atoms with Gasteiger partial charge >= 0.3 is 0 Å². The Labute approximate surface area is 153 Å². The zero-order chi connectivity index (χ0) is 18.7. The van der Waals surface area contributed by atoms with Crippen molar-refractivity contribution >= 4 is 41.4 Å². The van der Waals surface area contributed by atoms with Crippen LogP contribution in [0.2, 0.25) is 5.28 Å². The number of rotatable bonds is 7. The molecule has 2 heterocycles. The van der Waals surface area contributed by atoms with Gasteiger partial charge in [0.05, 0.1) is 5.56 Å². The van der Waals surface area contributed by atoms with Gasteiger partial charge in [-0.25, -0.2) is 8.78 Å². The van der Waals surface area contributed by atoms with Gasteiger partial charge in [0.1, 0.15) is 17.9 Å². The summed E-state index contributed by atoms with van der Waals surface area (Å²) < 4.78 is 25.8. The molecule has 1 aromatic carbocycles. The molecule has 2 N–H and O–H groups in total. The predicted octanol–water partition coefficient (Wildman–Crippen LogP) is 3.83. The summed E-state index contributed by atoms with van der Waals surface area (Å²) in [5.74, 6) is 0.994. The Morgan fingerprint density at radius 2 is 2.15 bits per heavy atom. The smallest absolute Gasteiger partial charge is 0.263 e. The number of hydrogen-bond acceptors (Lipinski definition) is 6. The monoisotopic (exact) mass is 379 g/mol. The molecule has 1 aliphatic rings. The highest BCUT2D eigenvalue weighted by molar-refractivity contribution is 6.28. The molecular formula is C17H16ClF2N5O. The van der Waals surface area contributed by atoms with Crippen LogP contribution in [0.3, 0.4) is 0 Å². The summed E-state index contributed by atoms with van der Waals surface area (Å²) in [6.07, 6.45) is -0.131. The Bertz CT molecular complexity index is 827. The van der Waals surface area contributed by atoms with Gasteiger partial charge in [0, 0.05) is 42.9 Å². The second kappa shape index (κ2) is 7.74. The van der Waals surface area contributed by atoms with E-state index in [4.69, 9.17) is 17.0 Å². The van der Waals surface area contributed by atoms with E-state index in [2.05, 4.69) is 15.3 Å². The van der Waals surface area contributed by atoms with Crippen molar-refractivity contribution in [3.63, 3.8) is 0 Å². The van der Waals surface area contributed by atoms with Gasteiger partial charge in [-0.3, -0.25) is 0 Å². The number of halogens is 3. The Hall–Kier alpha value is -2.61. The summed E-state index contributed by atoms with van der Waals surface area (Å²) >= 11 is 6.01. The summed E-state index contributed by atoms with van der Waals surface area (Å²) in [7, 11) is 0. The molecule has 0 aliphatic carbocycles. The lowest BCUT2D eigenvalue weighted by Crippen LogP contribution is -2.47. The third kappa shape index (κ3) is 3.80. The van der Waals surface area contributed by atoms with Crippen molar-refractivity contribution in [1.29, 1.82) is 5.41 Å². The van der Waals surface area contributed by atoms with E-state index < -0.39 is 6.43 Å². The first-order valence-electron chi connectivity index (χ1n) is 7.93. The van der Waals surface area contributed by atoms with E-state index in [0.717, 1.165) is 12.5 Å². The highest BCUT2D eigenvalue weighted by Gasteiger charge is 2.30. The highest BCUT2D eigenvalue weighted by Crippen LogP contribution is 2.32. The van der Waals surface area contributed by atoms with Crippen LogP contribution < -0.4 is 10.2 Å². The van der Waals surface area contributed by atoms with Crippen LogP contribution in [0.4, 0.5) is 26.1 Å². The summed E-state index contributed by atoms with van der Waals surface area (Å²) in [4.78, 5) is 20.8. The minimum absolute atomic E-state index is 0.0167. The van der Waals surface area contributed by atoms with Gasteiger partial charge in [0.25, 0.3) is 6.43 Å². The molecule has 1 aromatic heterocycles. The van der Waals surface area contributed by atoms with E-state index >= 15 is 0 Å². The van der Waals surface area contributed by atoms with Gasteiger partial charge in [-0.15, -0.1) is 0 Å². The van der Waals surface area contributed by atoms with Gasteiger partial charge in [0.2, 0.25) is 5.28 Å². The number of nitrogens with one attached hydrogen (secondary N) is 2. The molecule has 0 bridgehead atoms. The molecule has 1 fully saturated rings. The molecule has 26 heavy (non-hydrogen) atoms. The van der Waals surface area contributed by atoms with Crippen molar-refractivity contribution in [2.75, 3.05) is 23.3 Å². The molecule has 0 saturated carbocycles. The fourth-order valence-electron chi connectivity index (χ4n) is 2.82. The second-order valence-corrected chi connectivity index (χ2v) is 6.29. The zero-order valence-corrected chi connectivity index (χ0v) is 14.4. The third-order valence-electron chi connectivity index (χ3n) is 4.13. The average Bonchev–Trinajstić information content (AvgIpc) is 2.57. The fraction of sp³-hybridized carbons (Fsp3) is 0.294. The van der Waals surface area contributed by atoms with Crippen LogP contribution in [-0.2, 0) is 4.79 Å². The van der Waals surface area contributed by atoms with Crippen LogP contribution in [0.1, 0.15) is 24.0 Å². The lowest BCUT2D eigenvalue weighted by molar-refractivity contribution is -0.108. The Morgan fingerprint density at radius 1 is 1.38 bits per heavy atom. The van der Waals surface area contributed by atoms with Crippen LogP contribution >= 0.6 is 11.6 Å². The maximum Gasteiger partial charge on any atom is 0.263 e. The van der Waals surface area contributed by atoms with Crippen molar-refractivity contribution in [1.82, 2.24) is 9.97 Å². The molecular weight excluding hydrogens is 364 g/mol. The van der Waals surface area contributed by atoms with Gasteiger partial charge in [-0.2, -0.15) is 9.97 Å². The van der Waals surface area contributed by atoms with Gasteiger partial charge in [0.15, 0.2) is 0 Å². The van der Waals surface area contributed by atoms with E-state index in [9.17, 15) is 13.6 Å². The van der Waals surface area contributed by atoms with Gasteiger partial charge < -0.3 is 20.4 Å². The number of carbonyl (C=O) groups excluding carboxylic acids is 1. The molecule has 0 unspecified atom stereocenters. The topological polar surface area (TPSA) is 82.0 Å². The SMILES string of the molecule is N=Cc1c(Nc2cccc(C(F)F)c2)nc(Cl)nc1N1CC(CC=O)C1. The fourth-order valence-corrected chi connectivity index (χ4v) is 2.98. The Kier molecular flexibility index (Phi) is 5.41. The normalized spacial score (nSPS) is 14.2. The maximum absolute atomic E-state index is 12.9. The standard InChI is InChI=1S/C17H16ClF2N5O/c18-17-23-15(22-12-3-1-2-11(6-12)14(19)20)13(7-21)16(24-17)25-8-10(9-25)4-5-26/h1-3,5-7,10,14,21H,4,8-9H2,(H,22,23,24). The van der Waals surface area contributed by atoms with E-state index in [0.29, 0.717) is 36.6 Å². The molecule has 6 nitrogen and oxygen atoms in total. The van der Waals surface area contributed by atoms with Crippen LogP contribution in [0.25, 0.3) is 0 Å². The van der Waals surface area contributed by atoms with Crippen LogP contribution in [0.5, 0.6) is 0 Å². The molecule has 1 aliphatic heterocycles. The first-order valence-corrected chi connectivity index (χ1v) is 8.31. The molecule has 0 radical (unpaired) electrons. The number of anilines is 3. The predicted molar refractivity (Wildman–Crippen MR) is 96.0 cm³/mol. The summed E-state index contributed by atoms with van der Waals surface area (Å²) in [5.41, 5.74) is 0.696. The van der Waals surface area contributed by atoms with Gasteiger partial charge in [-0.1, -0.05) is 12.1 Å². The molecule has 0 amide bonds. The molecule has 136 valence electrons. The molecule has 0 spiro atoms. The van der Waals surface area contributed by atoms with Gasteiger partial charge in [-0.05, 0) is 23.7 Å². The van der Waals surface area contributed by atoms with Crippen molar-refractivity contribution in [2.24, 2.45) is 5.92 Å². The van der Waals surface area contributed by atoms with Crippen molar-refractivity contribution in [2.45, 2.75) is 12.8 Å². The van der Waals surface area contributed by atoms with E-state index in [1.54, 1.807) is 6.07 Å². The molecule has 9 heteroatoms. The average molecular weight is 380 g/mol. The second-order valence-electron chi connectivity index (χ2n) is 5.95. The number of alkyl halides is 2. The Balaban J connectivity index is 1.89. The summed E-state index contributed by atoms with van der Waals surface area (Å²) in [6, 6.07) is 5.78. The van der Waals surface area contributed by atoms with E-state index in [1.807, 2.05) is 4.90 Å². The molecule has 2 aromatic rings. The number of hydrogen-bond donors (Lipinski definition) is 2. The zero-order valence-electron chi connectivity index (χ0n) is 13.6. The van der Waals surface area contributed by atoms with Crippen molar-refractivity contribution < 1.29 is 13.6 Å². The summed E-state index contributed by atoms with van der Waals surface area (Å²) in [5, 5.41) is 10.6. The lowest BCUT2D eigenvalue weighted by Gasteiger charge is -2.40. The van der Waals surface area contributed by atoms with E-state index in [1.165, 1.54) is 18.2 Å². The van der Waals surface area contributed by atoms with Crippen molar-refractivity contribution in [3.05, 3.63) is 40.7 Å². The van der Waals surface area contributed by atoms with Crippen LogP contribution in [0.15, 0.2) is 24.3 Å². The summed E-state index contributed by atoms with van der Waals surface area (Å²) in [6.45, 7) is 1.26. The van der Waals surface area contributed by atoms with Crippen LogP contribution in [-0.4, -0.2) is 35.6 Å². The minimum Gasteiger partial charge on any atom is -0.355 e. The Morgan fingerprint density at radius 3 is 2.81 bits per heavy atom. The van der Waals surface area contributed by atoms with Crippen molar-refractivity contribution in [3.8, 4) is 0 Å². The van der Waals surface area contributed by atoms with E-state index in [-0.39, 0.29) is 22.6 Å². The molecule has 3 rings (SSSR count). The maximum atomic E-state index is 12.9. The lowest BCUT2D eigenvalue weighted by atomic mass is 9.96. The number of aromatic nitrogens is 2. The quantitative estimate of drug-likeness (QED) is 0.434. The first-order chi connectivity index (χ1) is 12.5. The number of nitrogens with zero attached hydrogens (tertiary/aromatic N) is 3.